The topological polar surface area (TPSA) is 86.7 Å². The van der Waals surface area contributed by atoms with Crippen molar-refractivity contribution < 1.29 is 28.7 Å². The van der Waals surface area contributed by atoms with Crippen LogP contribution < -0.4 is 0 Å². The van der Waals surface area contributed by atoms with Crippen molar-refractivity contribution in [1.29, 1.82) is 0 Å². The molecule has 0 radical (unpaired) electrons. The number of benzene rings is 1. The molecule has 0 bridgehead atoms. The minimum Gasteiger partial charge on any atom is -0.468 e. The number of carbonyl (C=O) groups is 4. The Hall–Kier alpha value is -2.12. The van der Waals surface area contributed by atoms with Crippen molar-refractivity contribution in [2.24, 2.45) is 5.92 Å². The number of halogens is 1. The second-order valence-corrected chi connectivity index (χ2v) is 8.00. The van der Waals surface area contributed by atoms with Gasteiger partial charge in [0.05, 0.1) is 19.8 Å². The van der Waals surface area contributed by atoms with E-state index in [0.29, 0.717) is 17.0 Å². The third-order valence-corrected chi connectivity index (χ3v) is 6.46. The van der Waals surface area contributed by atoms with Gasteiger partial charge < -0.3 is 9.47 Å². The number of carbonyl (C=O) groups excluding carboxylic acids is 4. The normalized spacial score (nSPS) is 16.2. The van der Waals surface area contributed by atoms with Gasteiger partial charge in [-0.25, -0.2) is 0 Å². The molecule has 1 heterocycles. The molecule has 0 amide bonds. The van der Waals surface area contributed by atoms with Crippen LogP contribution in [0.1, 0.15) is 35.2 Å². The highest BCUT2D eigenvalue weighted by Gasteiger charge is 2.40. The highest BCUT2D eigenvalue weighted by molar-refractivity contribution is 7.99. The molecule has 2 aliphatic rings. The molecule has 0 atom stereocenters. The number of esters is 2. The maximum Gasteiger partial charge on any atom is 0.324 e. The molecule has 1 aromatic carbocycles. The van der Waals surface area contributed by atoms with Crippen LogP contribution in [0.5, 0.6) is 0 Å². The second kappa shape index (κ2) is 8.49. The van der Waals surface area contributed by atoms with Crippen LogP contribution >= 0.6 is 23.4 Å². The molecule has 3 rings (SSSR count). The molecule has 0 fully saturated rings. The zero-order valence-corrected chi connectivity index (χ0v) is 17.1. The van der Waals surface area contributed by atoms with Crippen molar-refractivity contribution in [2.75, 3.05) is 20.0 Å². The number of rotatable bonds is 5. The number of fused-ring (bicyclic) bond motifs is 1. The van der Waals surface area contributed by atoms with E-state index in [1.807, 2.05) is 0 Å². The molecule has 1 aliphatic heterocycles. The monoisotopic (exact) mass is 422 g/mol. The number of allylic oxidation sites excluding steroid dienone is 1. The highest BCUT2D eigenvalue weighted by Crippen LogP contribution is 2.41. The van der Waals surface area contributed by atoms with Gasteiger partial charge in [0.1, 0.15) is 0 Å². The lowest BCUT2D eigenvalue weighted by Gasteiger charge is -2.23. The van der Waals surface area contributed by atoms with Crippen LogP contribution in [0.15, 0.2) is 28.2 Å². The lowest BCUT2D eigenvalue weighted by molar-refractivity contribution is -0.156. The molecule has 0 N–H and O–H groups in total. The summed E-state index contributed by atoms with van der Waals surface area (Å²) < 4.78 is 9.46. The Morgan fingerprint density at radius 3 is 2.39 bits per heavy atom. The predicted molar refractivity (Wildman–Crippen MR) is 104 cm³/mol. The molecule has 28 heavy (non-hydrogen) atoms. The molecule has 1 aliphatic carbocycles. The van der Waals surface area contributed by atoms with Crippen LogP contribution in [0.4, 0.5) is 0 Å². The van der Waals surface area contributed by atoms with E-state index in [9.17, 15) is 19.2 Å². The smallest absolute Gasteiger partial charge is 0.324 e. The average Bonchev–Trinajstić information content (AvgIpc) is 3.18. The molecule has 148 valence electrons. The quantitative estimate of drug-likeness (QED) is 0.311. The zero-order chi connectivity index (χ0) is 20.4. The predicted octanol–water partition coefficient (Wildman–Crippen LogP) is 3.18. The molecule has 1 aromatic rings. The lowest BCUT2D eigenvalue weighted by atomic mass is 9.80. The second-order valence-electron chi connectivity index (χ2n) is 6.49. The first-order chi connectivity index (χ1) is 13.4. The van der Waals surface area contributed by atoms with Gasteiger partial charge in [0.25, 0.3) is 0 Å². The fourth-order valence-corrected chi connectivity index (χ4v) is 5.14. The van der Waals surface area contributed by atoms with Gasteiger partial charge in [-0.1, -0.05) is 11.6 Å². The van der Waals surface area contributed by atoms with Crippen LogP contribution in [0.25, 0.3) is 0 Å². The van der Waals surface area contributed by atoms with Crippen molar-refractivity contribution in [3.05, 3.63) is 39.4 Å². The van der Waals surface area contributed by atoms with Crippen LogP contribution in [0.2, 0.25) is 5.02 Å². The van der Waals surface area contributed by atoms with Gasteiger partial charge in [-0.2, -0.15) is 0 Å². The summed E-state index contributed by atoms with van der Waals surface area (Å²) in [6.45, 7) is 0. The van der Waals surface area contributed by atoms with Gasteiger partial charge in [-0.15, -0.1) is 11.8 Å². The van der Waals surface area contributed by atoms with Crippen molar-refractivity contribution >= 4 is 46.9 Å². The lowest BCUT2D eigenvalue weighted by Crippen LogP contribution is -2.33. The molecule has 0 saturated carbocycles. The summed E-state index contributed by atoms with van der Waals surface area (Å²) in [4.78, 5) is 51.3. The molecular formula is C20H19ClO6S. The van der Waals surface area contributed by atoms with E-state index in [1.54, 1.807) is 12.1 Å². The first-order valence-corrected chi connectivity index (χ1v) is 10.2. The molecule has 0 unspecified atom stereocenters. The Kier molecular flexibility index (Phi) is 6.25. The molecular weight excluding hydrogens is 404 g/mol. The number of thioether (sulfide) groups is 1. The number of hydrogen-bond donors (Lipinski definition) is 0. The van der Waals surface area contributed by atoms with Crippen LogP contribution in [-0.2, 0) is 30.3 Å². The standard InChI is InChI=1S/C20H19ClO6S/c1-26-19(24)16(20(25)27-2)11-4-3-5-14(22)15(11)17(23)12-6-7-13(21)10-8-9-28-18(10)12/h6-7,16H,3-5,8-9H2,1-2H3. The van der Waals surface area contributed by atoms with E-state index in [0.717, 1.165) is 36.9 Å². The Labute approximate surface area is 171 Å². The number of hydrogen-bond acceptors (Lipinski definition) is 7. The van der Waals surface area contributed by atoms with Gasteiger partial charge in [0, 0.05) is 27.7 Å². The van der Waals surface area contributed by atoms with Gasteiger partial charge >= 0.3 is 11.9 Å². The van der Waals surface area contributed by atoms with Crippen LogP contribution in [-0.4, -0.2) is 43.5 Å². The van der Waals surface area contributed by atoms with Gasteiger partial charge in [0.15, 0.2) is 17.5 Å². The van der Waals surface area contributed by atoms with E-state index < -0.39 is 23.6 Å². The van der Waals surface area contributed by atoms with E-state index in [2.05, 4.69) is 0 Å². The highest BCUT2D eigenvalue weighted by atomic mass is 35.5. The van der Waals surface area contributed by atoms with Gasteiger partial charge in [0.2, 0.25) is 0 Å². The molecule has 0 aromatic heterocycles. The zero-order valence-electron chi connectivity index (χ0n) is 15.5. The maximum absolute atomic E-state index is 13.4. The molecule has 0 saturated heterocycles. The average molecular weight is 423 g/mol. The summed E-state index contributed by atoms with van der Waals surface area (Å²) in [5.74, 6) is -3.19. The summed E-state index contributed by atoms with van der Waals surface area (Å²) in [5, 5.41) is 0.586. The van der Waals surface area contributed by atoms with Crippen LogP contribution in [0.3, 0.4) is 0 Å². The summed E-state index contributed by atoms with van der Waals surface area (Å²) in [7, 11) is 2.29. The van der Waals surface area contributed by atoms with E-state index in [4.69, 9.17) is 21.1 Å². The number of ether oxygens (including phenoxy) is 2. The molecule has 8 heteroatoms. The summed E-state index contributed by atoms with van der Waals surface area (Å²) in [6, 6.07) is 3.24. The fourth-order valence-electron chi connectivity index (χ4n) is 3.62. The summed E-state index contributed by atoms with van der Waals surface area (Å²) in [5.41, 5.74) is 1.33. The van der Waals surface area contributed by atoms with Crippen molar-refractivity contribution in [1.82, 2.24) is 0 Å². The number of Topliss-reactive ketones (excluding diaryl/α,β-unsaturated/α-hetero) is 2. The van der Waals surface area contributed by atoms with Crippen molar-refractivity contribution in [3.63, 3.8) is 0 Å². The Morgan fingerprint density at radius 2 is 1.75 bits per heavy atom. The molecule has 6 nitrogen and oxygen atoms in total. The maximum atomic E-state index is 13.4. The number of methoxy groups -OCH3 is 2. The molecule has 0 spiro atoms. The SMILES string of the molecule is COC(=O)C(C(=O)OC)C1=C(C(=O)c2ccc(Cl)c3c2SCC3)C(=O)CCC1. The van der Waals surface area contributed by atoms with E-state index in [1.165, 1.54) is 11.8 Å². The summed E-state index contributed by atoms with van der Waals surface area (Å²) >= 11 is 7.75. The minimum absolute atomic E-state index is 0.107. The van der Waals surface area contributed by atoms with Gasteiger partial charge in [-0.05, 0) is 42.5 Å². The van der Waals surface area contributed by atoms with Crippen molar-refractivity contribution in [3.8, 4) is 0 Å². The Balaban J connectivity index is 2.16. The summed E-state index contributed by atoms with van der Waals surface area (Å²) in [6.07, 6.45) is 1.64. The minimum atomic E-state index is -1.42. The van der Waals surface area contributed by atoms with Crippen molar-refractivity contribution in [2.45, 2.75) is 30.6 Å². The van der Waals surface area contributed by atoms with E-state index in [-0.39, 0.29) is 29.8 Å². The first kappa shape index (κ1) is 20.6. The third kappa shape index (κ3) is 3.61. The fraction of sp³-hybridized carbons (Fsp3) is 0.400. The number of ketones is 2. The van der Waals surface area contributed by atoms with E-state index >= 15 is 0 Å². The first-order valence-electron chi connectivity index (χ1n) is 8.81. The largest absolute Gasteiger partial charge is 0.468 e. The Morgan fingerprint density at radius 1 is 1.07 bits per heavy atom. The third-order valence-electron chi connectivity index (χ3n) is 4.95. The van der Waals surface area contributed by atoms with Gasteiger partial charge in [-0.3, -0.25) is 19.2 Å². The van der Waals surface area contributed by atoms with Crippen LogP contribution in [0, 0.1) is 5.92 Å². The Bertz CT molecular complexity index is 888.